The van der Waals surface area contributed by atoms with E-state index in [9.17, 15) is 22.4 Å². The number of hydrogen-bond acceptors (Lipinski definition) is 2. The molecule has 0 heterocycles. The van der Waals surface area contributed by atoms with Crippen LogP contribution >= 0.6 is 0 Å². The van der Waals surface area contributed by atoms with Gasteiger partial charge in [-0.25, -0.2) is 4.39 Å². The molecule has 0 unspecified atom stereocenters. The molecule has 0 aliphatic carbocycles. The molecule has 1 rings (SSSR count). The number of carbonyl (C=O) groups is 1. The van der Waals surface area contributed by atoms with Crippen molar-refractivity contribution in [3.63, 3.8) is 0 Å². The first-order chi connectivity index (χ1) is 8.36. The zero-order valence-corrected chi connectivity index (χ0v) is 9.47. The van der Waals surface area contributed by atoms with Crippen molar-refractivity contribution in [1.82, 2.24) is 5.32 Å². The Labute approximate surface area is 101 Å². The number of hydrogen-bond donors (Lipinski definition) is 1. The summed E-state index contributed by atoms with van der Waals surface area (Å²) < 4.78 is 54.9. The first-order valence-electron chi connectivity index (χ1n) is 5.00. The van der Waals surface area contributed by atoms with Crippen LogP contribution < -0.4 is 5.32 Å². The van der Waals surface area contributed by atoms with Crippen LogP contribution in [0.3, 0.4) is 0 Å². The fourth-order valence-electron chi connectivity index (χ4n) is 1.25. The number of alkyl halides is 3. The van der Waals surface area contributed by atoms with E-state index in [4.69, 9.17) is 0 Å². The highest BCUT2D eigenvalue weighted by molar-refractivity contribution is 5.94. The van der Waals surface area contributed by atoms with E-state index in [-0.39, 0.29) is 18.7 Å². The van der Waals surface area contributed by atoms with Crippen LogP contribution in [0.15, 0.2) is 18.2 Å². The molecule has 0 atom stereocenters. The molecule has 18 heavy (non-hydrogen) atoms. The largest absolute Gasteiger partial charge is 0.419 e. The van der Waals surface area contributed by atoms with Gasteiger partial charge in [0.25, 0.3) is 5.91 Å². The lowest BCUT2D eigenvalue weighted by molar-refractivity contribution is -0.140. The third kappa shape index (κ3) is 3.69. The maximum absolute atomic E-state index is 13.0. The highest BCUT2D eigenvalue weighted by Crippen LogP contribution is 2.31. The fourth-order valence-corrected chi connectivity index (χ4v) is 1.25. The van der Waals surface area contributed by atoms with Gasteiger partial charge in [-0.3, -0.25) is 4.79 Å². The van der Waals surface area contributed by atoms with E-state index in [0.717, 1.165) is 6.07 Å². The molecular formula is C11H11F4NO2. The van der Waals surface area contributed by atoms with E-state index in [1.165, 1.54) is 7.11 Å². The minimum absolute atomic E-state index is 0.161. The van der Waals surface area contributed by atoms with E-state index in [1.807, 2.05) is 0 Å². The van der Waals surface area contributed by atoms with Gasteiger partial charge in [-0.1, -0.05) is 0 Å². The van der Waals surface area contributed by atoms with E-state index in [1.54, 1.807) is 0 Å². The molecule has 0 fully saturated rings. The van der Waals surface area contributed by atoms with Gasteiger partial charge in [-0.2, -0.15) is 13.2 Å². The molecule has 0 saturated heterocycles. The number of nitrogens with one attached hydrogen (secondary N) is 1. The van der Waals surface area contributed by atoms with E-state index >= 15 is 0 Å². The van der Waals surface area contributed by atoms with Crippen LogP contribution in [0.25, 0.3) is 0 Å². The SMILES string of the molecule is COCCNC(=O)c1ccc(F)c(C(F)(F)F)c1. The summed E-state index contributed by atoms with van der Waals surface area (Å²) >= 11 is 0. The molecule has 0 saturated carbocycles. The first kappa shape index (κ1) is 14.4. The number of benzene rings is 1. The van der Waals surface area contributed by atoms with Gasteiger partial charge in [0, 0.05) is 19.2 Å². The van der Waals surface area contributed by atoms with Crippen molar-refractivity contribution >= 4 is 5.91 Å². The first-order valence-corrected chi connectivity index (χ1v) is 5.00. The Morgan fingerprint density at radius 1 is 1.39 bits per heavy atom. The van der Waals surface area contributed by atoms with Crippen molar-refractivity contribution in [1.29, 1.82) is 0 Å². The predicted octanol–water partition coefficient (Wildman–Crippen LogP) is 2.22. The predicted molar refractivity (Wildman–Crippen MR) is 55.6 cm³/mol. The van der Waals surface area contributed by atoms with Gasteiger partial charge in [0.1, 0.15) is 5.82 Å². The Hall–Kier alpha value is -1.63. The van der Waals surface area contributed by atoms with Crippen LogP contribution in [0.5, 0.6) is 0 Å². The summed E-state index contributed by atoms with van der Waals surface area (Å²) in [7, 11) is 1.42. The molecule has 7 heteroatoms. The fraction of sp³-hybridized carbons (Fsp3) is 0.364. The summed E-state index contributed by atoms with van der Waals surface area (Å²) in [5.74, 6) is -2.12. The van der Waals surface area contributed by atoms with Gasteiger partial charge < -0.3 is 10.1 Å². The molecule has 100 valence electrons. The van der Waals surface area contributed by atoms with E-state index in [2.05, 4.69) is 10.1 Å². The molecule has 0 aromatic heterocycles. The van der Waals surface area contributed by atoms with Gasteiger partial charge in [0.2, 0.25) is 0 Å². The normalized spacial score (nSPS) is 11.4. The van der Waals surface area contributed by atoms with Gasteiger partial charge in [0.05, 0.1) is 12.2 Å². The zero-order chi connectivity index (χ0) is 13.8. The number of carbonyl (C=O) groups excluding carboxylic acids is 1. The molecule has 1 aromatic rings. The quantitative estimate of drug-likeness (QED) is 0.669. The van der Waals surface area contributed by atoms with Crippen molar-refractivity contribution < 1.29 is 27.1 Å². The maximum Gasteiger partial charge on any atom is 0.419 e. The molecule has 1 N–H and O–H groups in total. The summed E-state index contributed by atoms with van der Waals surface area (Å²) in [6.45, 7) is 0.396. The van der Waals surface area contributed by atoms with Crippen LogP contribution in [-0.2, 0) is 10.9 Å². The van der Waals surface area contributed by atoms with Crippen molar-refractivity contribution in [3.05, 3.63) is 35.1 Å². The highest BCUT2D eigenvalue weighted by Gasteiger charge is 2.34. The number of methoxy groups -OCH3 is 1. The summed E-state index contributed by atoms with van der Waals surface area (Å²) in [6.07, 6.45) is -4.83. The van der Waals surface area contributed by atoms with Crippen LogP contribution in [0, 0.1) is 5.82 Å². The summed E-state index contributed by atoms with van der Waals surface area (Å²) in [5.41, 5.74) is -1.71. The Balaban J connectivity index is 2.88. The van der Waals surface area contributed by atoms with Crippen LogP contribution in [-0.4, -0.2) is 26.2 Å². The van der Waals surface area contributed by atoms with Crippen LogP contribution in [0.1, 0.15) is 15.9 Å². The average molecular weight is 265 g/mol. The second kappa shape index (κ2) is 5.81. The van der Waals surface area contributed by atoms with Crippen LogP contribution in [0.4, 0.5) is 17.6 Å². The van der Waals surface area contributed by atoms with Crippen molar-refractivity contribution in [2.24, 2.45) is 0 Å². The molecule has 0 radical (unpaired) electrons. The standard InChI is InChI=1S/C11H11F4NO2/c1-18-5-4-16-10(17)7-2-3-9(12)8(6-7)11(13,14)15/h2-3,6H,4-5H2,1H3,(H,16,17). The topological polar surface area (TPSA) is 38.3 Å². The number of ether oxygens (including phenoxy) is 1. The molecule has 1 aromatic carbocycles. The Morgan fingerprint density at radius 3 is 2.61 bits per heavy atom. The van der Waals surface area contributed by atoms with Gasteiger partial charge in [-0.15, -0.1) is 0 Å². The summed E-state index contributed by atoms with van der Waals surface area (Å²) in [4.78, 5) is 11.5. The molecule has 0 aliphatic heterocycles. The lowest BCUT2D eigenvalue weighted by atomic mass is 10.1. The molecule has 3 nitrogen and oxygen atoms in total. The van der Waals surface area contributed by atoms with Gasteiger partial charge >= 0.3 is 6.18 Å². The smallest absolute Gasteiger partial charge is 0.383 e. The van der Waals surface area contributed by atoms with E-state index < -0.39 is 23.5 Å². The molecule has 0 spiro atoms. The number of halogens is 4. The number of rotatable bonds is 4. The lowest BCUT2D eigenvalue weighted by Gasteiger charge is -2.10. The molecule has 0 bridgehead atoms. The summed E-state index contributed by atoms with van der Waals surface area (Å²) in [6, 6.07) is 2.10. The Bertz CT molecular complexity index is 432. The molecular weight excluding hydrogens is 254 g/mol. The minimum atomic E-state index is -4.83. The van der Waals surface area contributed by atoms with Crippen LogP contribution in [0.2, 0.25) is 0 Å². The second-order valence-electron chi connectivity index (χ2n) is 3.44. The van der Waals surface area contributed by atoms with Gasteiger partial charge in [-0.05, 0) is 18.2 Å². The lowest BCUT2D eigenvalue weighted by Crippen LogP contribution is -2.27. The monoisotopic (exact) mass is 265 g/mol. The zero-order valence-electron chi connectivity index (χ0n) is 9.47. The Kier molecular flexibility index (Phi) is 4.66. The third-order valence-electron chi connectivity index (χ3n) is 2.13. The van der Waals surface area contributed by atoms with E-state index in [0.29, 0.717) is 12.1 Å². The second-order valence-corrected chi connectivity index (χ2v) is 3.44. The third-order valence-corrected chi connectivity index (χ3v) is 2.13. The van der Waals surface area contributed by atoms with Crippen molar-refractivity contribution in [2.45, 2.75) is 6.18 Å². The summed E-state index contributed by atoms with van der Waals surface area (Å²) in [5, 5.41) is 2.34. The highest BCUT2D eigenvalue weighted by atomic mass is 19.4. The van der Waals surface area contributed by atoms with Crippen molar-refractivity contribution in [2.75, 3.05) is 20.3 Å². The average Bonchev–Trinajstić information content (AvgIpc) is 2.28. The Morgan fingerprint density at radius 2 is 2.06 bits per heavy atom. The molecule has 1 amide bonds. The molecule has 0 aliphatic rings. The van der Waals surface area contributed by atoms with Crippen molar-refractivity contribution in [3.8, 4) is 0 Å². The number of amides is 1. The maximum atomic E-state index is 13.0. The van der Waals surface area contributed by atoms with Gasteiger partial charge in [0.15, 0.2) is 0 Å². The minimum Gasteiger partial charge on any atom is -0.383 e.